The Morgan fingerprint density at radius 3 is 2.84 bits per heavy atom. The second kappa shape index (κ2) is 5.61. The molecule has 0 spiro atoms. The van der Waals surface area contributed by atoms with E-state index in [-0.39, 0.29) is 0 Å². The van der Waals surface area contributed by atoms with Crippen molar-refractivity contribution in [3.8, 4) is 0 Å². The van der Waals surface area contributed by atoms with Crippen LogP contribution < -0.4 is 10.2 Å². The van der Waals surface area contributed by atoms with Gasteiger partial charge in [0.25, 0.3) is 0 Å². The van der Waals surface area contributed by atoms with E-state index < -0.39 is 0 Å². The van der Waals surface area contributed by atoms with Gasteiger partial charge in [-0.2, -0.15) is 0 Å². The van der Waals surface area contributed by atoms with Crippen molar-refractivity contribution in [1.82, 2.24) is 4.98 Å². The summed E-state index contributed by atoms with van der Waals surface area (Å²) in [6.07, 6.45) is 4.26. The van der Waals surface area contributed by atoms with Crippen LogP contribution in [0.2, 0.25) is 0 Å². The van der Waals surface area contributed by atoms with Crippen molar-refractivity contribution >= 4 is 22.0 Å². The van der Waals surface area contributed by atoms with Gasteiger partial charge in [-0.05, 0) is 49.4 Å². The average molecular weight is 273 g/mol. The molecule has 1 aliphatic heterocycles. The van der Waals surface area contributed by atoms with Crippen LogP contribution in [-0.2, 0) is 0 Å². The number of rotatable bonds is 3. The van der Waals surface area contributed by atoms with E-state index in [1.54, 1.807) is 0 Å². The minimum atomic E-state index is 0.581. The molecule has 0 unspecified atom stereocenters. The van der Waals surface area contributed by atoms with Crippen LogP contribution >= 0.6 is 11.3 Å². The number of hydrogen-bond donors (Lipinski definition) is 1. The van der Waals surface area contributed by atoms with E-state index in [0.717, 1.165) is 18.8 Å². The summed E-state index contributed by atoms with van der Waals surface area (Å²) in [6.45, 7) is 4.31. The first-order valence-corrected chi connectivity index (χ1v) is 7.67. The molecule has 19 heavy (non-hydrogen) atoms. The molecule has 1 fully saturated rings. The largest absolute Gasteiger partial charge is 0.382 e. The molecule has 0 amide bonds. The van der Waals surface area contributed by atoms with E-state index in [2.05, 4.69) is 44.8 Å². The van der Waals surface area contributed by atoms with Crippen LogP contribution in [0.4, 0.5) is 10.7 Å². The standard InChI is InChI=1S/C15H19N3S/c1-12-11-14(4-7-16-12)17-13-5-8-18(9-6-13)15-3-2-10-19-15/h2-4,7,10-11,13H,5-6,8-9H2,1H3,(H,16,17). The Kier molecular flexibility index (Phi) is 3.69. The molecule has 1 N–H and O–H groups in total. The van der Waals surface area contributed by atoms with Gasteiger partial charge in [0.15, 0.2) is 0 Å². The highest BCUT2D eigenvalue weighted by Crippen LogP contribution is 2.25. The van der Waals surface area contributed by atoms with Crippen LogP contribution in [0.15, 0.2) is 35.8 Å². The lowest BCUT2D eigenvalue weighted by Gasteiger charge is -2.33. The first-order chi connectivity index (χ1) is 9.31. The van der Waals surface area contributed by atoms with Crippen molar-refractivity contribution in [3.63, 3.8) is 0 Å². The highest BCUT2D eigenvalue weighted by atomic mass is 32.1. The first kappa shape index (κ1) is 12.5. The van der Waals surface area contributed by atoms with Gasteiger partial charge in [0, 0.05) is 36.7 Å². The summed E-state index contributed by atoms with van der Waals surface area (Å²) in [7, 11) is 0. The smallest absolute Gasteiger partial charge is 0.0908 e. The summed E-state index contributed by atoms with van der Waals surface area (Å²) in [5, 5.41) is 7.18. The number of aryl methyl sites for hydroxylation is 1. The topological polar surface area (TPSA) is 28.2 Å². The summed E-state index contributed by atoms with van der Waals surface area (Å²) < 4.78 is 0. The Bertz CT molecular complexity index is 516. The van der Waals surface area contributed by atoms with Gasteiger partial charge < -0.3 is 10.2 Å². The van der Waals surface area contributed by atoms with Crippen LogP contribution in [0, 0.1) is 6.92 Å². The maximum Gasteiger partial charge on any atom is 0.0908 e. The van der Waals surface area contributed by atoms with Crippen LogP contribution in [0.25, 0.3) is 0 Å². The van der Waals surface area contributed by atoms with Crippen LogP contribution in [-0.4, -0.2) is 24.1 Å². The number of nitrogens with zero attached hydrogens (tertiary/aromatic N) is 2. The van der Waals surface area contributed by atoms with Gasteiger partial charge >= 0.3 is 0 Å². The van der Waals surface area contributed by atoms with E-state index in [1.807, 2.05) is 24.5 Å². The van der Waals surface area contributed by atoms with Crippen molar-refractivity contribution in [1.29, 1.82) is 0 Å². The fourth-order valence-electron chi connectivity index (χ4n) is 2.57. The van der Waals surface area contributed by atoms with Crippen molar-refractivity contribution in [2.24, 2.45) is 0 Å². The average Bonchev–Trinajstić information content (AvgIpc) is 2.94. The molecule has 3 heterocycles. The van der Waals surface area contributed by atoms with Crippen LogP contribution in [0.3, 0.4) is 0 Å². The van der Waals surface area contributed by atoms with E-state index in [9.17, 15) is 0 Å². The Hall–Kier alpha value is -1.55. The lowest BCUT2D eigenvalue weighted by molar-refractivity contribution is 0.528. The Labute approximate surface area is 118 Å². The summed E-state index contributed by atoms with van der Waals surface area (Å²) in [5.74, 6) is 0. The van der Waals surface area contributed by atoms with Crippen LogP contribution in [0.1, 0.15) is 18.5 Å². The molecular weight excluding hydrogens is 254 g/mol. The summed E-state index contributed by atoms with van der Waals surface area (Å²) in [4.78, 5) is 6.72. The molecular formula is C15H19N3S. The molecule has 0 atom stereocenters. The number of piperidine rings is 1. The summed E-state index contributed by atoms with van der Waals surface area (Å²) in [5.41, 5.74) is 2.27. The molecule has 2 aromatic rings. The molecule has 3 rings (SSSR count). The molecule has 0 saturated carbocycles. The van der Waals surface area contributed by atoms with E-state index >= 15 is 0 Å². The third-order valence-corrected chi connectivity index (χ3v) is 4.51. The zero-order chi connectivity index (χ0) is 13.1. The molecule has 0 aliphatic carbocycles. The Morgan fingerprint density at radius 2 is 2.16 bits per heavy atom. The van der Waals surface area contributed by atoms with Gasteiger partial charge in [-0.15, -0.1) is 11.3 Å². The number of pyridine rings is 1. The highest BCUT2D eigenvalue weighted by Gasteiger charge is 2.19. The third kappa shape index (κ3) is 3.07. The maximum absolute atomic E-state index is 4.23. The number of thiophene rings is 1. The molecule has 4 heteroatoms. The van der Waals surface area contributed by atoms with E-state index in [4.69, 9.17) is 0 Å². The second-order valence-electron chi connectivity index (χ2n) is 5.04. The second-order valence-corrected chi connectivity index (χ2v) is 5.97. The predicted molar refractivity (Wildman–Crippen MR) is 82.2 cm³/mol. The minimum Gasteiger partial charge on any atom is -0.382 e. The van der Waals surface area contributed by atoms with Gasteiger partial charge in [0.05, 0.1) is 5.00 Å². The number of aromatic nitrogens is 1. The zero-order valence-electron chi connectivity index (χ0n) is 11.2. The fraction of sp³-hybridized carbons (Fsp3) is 0.400. The van der Waals surface area contributed by atoms with Crippen LogP contribution in [0.5, 0.6) is 0 Å². The highest BCUT2D eigenvalue weighted by molar-refractivity contribution is 7.14. The first-order valence-electron chi connectivity index (χ1n) is 6.79. The summed E-state index contributed by atoms with van der Waals surface area (Å²) >= 11 is 1.83. The summed E-state index contributed by atoms with van der Waals surface area (Å²) in [6, 6.07) is 9.09. The number of hydrogen-bond acceptors (Lipinski definition) is 4. The predicted octanol–water partition coefficient (Wildman–Crippen LogP) is 3.53. The molecule has 1 saturated heterocycles. The van der Waals surface area contributed by atoms with Gasteiger partial charge in [0.1, 0.15) is 0 Å². The van der Waals surface area contributed by atoms with Gasteiger partial charge in [-0.1, -0.05) is 0 Å². The monoisotopic (exact) mass is 273 g/mol. The number of nitrogens with one attached hydrogen (secondary N) is 1. The Morgan fingerprint density at radius 1 is 1.32 bits per heavy atom. The molecule has 100 valence electrons. The molecule has 0 bridgehead atoms. The molecule has 0 radical (unpaired) electrons. The van der Waals surface area contributed by atoms with E-state index in [0.29, 0.717) is 6.04 Å². The van der Waals surface area contributed by atoms with Crippen molar-refractivity contribution < 1.29 is 0 Å². The SMILES string of the molecule is Cc1cc(NC2CCN(c3cccs3)CC2)ccn1. The lowest BCUT2D eigenvalue weighted by Crippen LogP contribution is -2.38. The molecule has 1 aliphatic rings. The molecule has 3 nitrogen and oxygen atoms in total. The zero-order valence-corrected chi connectivity index (χ0v) is 12.0. The van der Waals surface area contributed by atoms with E-state index in [1.165, 1.54) is 23.5 Å². The normalized spacial score (nSPS) is 16.6. The Balaban J connectivity index is 1.56. The lowest BCUT2D eigenvalue weighted by atomic mass is 10.0. The quantitative estimate of drug-likeness (QED) is 0.927. The van der Waals surface area contributed by atoms with Crippen molar-refractivity contribution in [3.05, 3.63) is 41.5 Å². The van der Waals surface area contributed by atoms with Crippen molar-refractivity contribution in [2.75, 3.05) is 23.3 Å². The molecule has 0 aromatic carbocycles. The number of anilines is 2. The maximum atomic E-state index is 4.23. The van der Waals surface area contributed by atoms with Crippen molar-refractivity contribution in [2.45, 2.75) is 25.8 Å². The van der Waals surface area contributed by atoms with Gasteiger partial charge in [0.2, 0.25) is 0 Å². The fourth-order valence-corrected chi connectivity index (χ4v) is 3.35. The molecule has 2 aromatic heterocycles. The van der Waals surface area contributed by atoms with Gasteiger partial charge in [-0.3, -0.25) is 4.98 Å². The third-order valence-electron chi connectivity index (χ3n) is 3.58. The minimum absolute atomic E-state index is 0.581. The van der Waals surface area contributed by atoms with Gasteiger partial charge in [-0.25, -0.2) is 0 Å².